The van der Waals surface area contributed by atoms with E-state index >= 15 is 0 Å². The van der Waals surface area contributed by atoms with Crippen LogP contribution in [0.3, 0.4) is 0 Å². The average Bonchev–Trinajstić information content (AvgIpc) is 2.24. The Balaban J connectivity index is 3.33. The van der Waals surface area contributed by atoms with Crippen molar-refractivity contribution in [3.8, 4) is 0 Å². The number of anilines is 1. The van der Waals surface area contributed by atoms with E-state index in [2.05, 4.69) is 44.6 Å². The van der Waals surface area contributed by atoms with Crippen molar-refractivity contribution in [2.75, 3.05) is 5.32 Å². The lowest BCUT2D eigenvalue weighted by Gasteiger charge is -2.33. The van der Waals surface area contributed by atoms with Crippen LogP contribution in [-0.4, -0.2) is 27.8 Å². The third-order valence-corrected chi connectivity index (χ3v) is 9.50. The molecule has 1 aromatic rings. The summed E-state index contributed by atoms with van der Waals surface area (Å²) in [4.78, 5) is 10.9. The zero-order chi connectivity index (χ0) is 16.4. The number of carbonyl (C=O) groups is 1. The molecule has 1 aromatic carbocycles. The van der Waals surface area contributed by atoms with Crippen LogP contribution in [0.2, 0.25) is 32.7 Å². The zero-order valence-electron chi connectivity index (χ0n) is 13.7. The van der Waals surface area contributed by atoms with Crippen molar-refractivity contribution in [2.24, 2.45) is 0 Å². The highest BCUT2D eigenvalue weighted by Gasteiger charge is 2.33. The van der Waals surface area contributed by atoms with Gasteiger partial charge < -0.3 is 9.22 Å². The van der Waals surface area contributed by atoms with Crippen molar-refractivity contribution in [3.63, 3.8) is 0 Å². The minimum atomic E-state index is -2.03. The highest BCUT2D eigenvalue weighted by molar-refractivity contribution is 6.92. The number of hydrogen-bond acceptors (Lipinski definition) is 2. The van der Waals surface area contributed by atoms with Crippen molar-refractivity contribution < 1.29 is 14.0 Å². The molecule has 0 atom stereocenters. The van der Waals surface area contributed by atoms with Crippen LogP contribution in [0.25, 0.3) is 6.08 Å². The summed E-state index contributed by atoms with van der Waals surface area (Å²) in [5, 5.41) is 12.5. The topological polar surface area (TPSA) is 58.6 Å². The number of hydrogen-bond donors (Lipinski definition) is 2. The highest BCUT2D eigenvalue weighted by Crippen LogP contribution is 2.23. The summed E-state index contributed by atoms with van der Waals surface area (Å²) in [6.07, 6.45) is 0.628. The molecule has 0 saturated carbocycles. The first-order chi connectivity index (χ1) is 9.48. The van der Waals surface area contributed by atoms with Gasteiger partial charge in [0, 0.05) is 5.56 Å². The van der Waals surface area contributed by atoms with Crippen LogP contribution >= 0.6 is 0 Å². The Morgan fingerprint density at radius 3 is 2.29 bits per heavy atom. The van der Waals surface area contributed by atoms with Crippen molar-refractivity contribution in [2.45, 2.75) is 39.7 Å². The first kappa shape index (κ1) is 17.7. The largest absolute Gasteiger partial charge is 0.465 e. The Morgan fingerprint density at radius 1 is 1.29 bits per heavy atom. The van der Waals surface area contributed by atoms with E-state index in [-0.39, 0.29) is 0 Å². The van der Waals surface area contributed by atoms with Crippen LogP contribution in [0.5, 0.6) is 0 Å². The number of carboxylic acid groups (broad SMARTS) is 1. The second kappa shape index (κ2) is 6.17. The van der Waals surface area contributed by atoms with Gasteiger partial charge >= 0.3 is 6.09 Å². The zero-order valence-corrected chi connectivity index (χ0v) is 15.7. The lowest BCUT2D eigenvalue weighted by molar-refractivity contribution is 0.209. The molecule has 21 heavy (non-hydrogen) atoms. The molecule has 0 unspecified atom stereocenters. The van der Waals surface area contributed by atoms with Gasteiger partial charge in [0.1, 0.15) is 0 Å². The summed E-state index contributed by atoms with van der Waals surface area (Å²) in [6.45, 7) is 16.7. The normalized spacial score (nSPS) is 12.1. The van der Waals surface area contributed by atoms with E-state index < -0.39 is 22.7 Å². The minimum absolute atomic E-state index is 0.566. The van der Waals surface area contributed by atoms with Gasteiger partial charge in [0.2, 0.25) is 8.32 Å². The van der Waals surface area contributed by atoms with Crippen molar-refractivity contribution in [1.29, 1.82) is 0 Å². The molecule has 0 bridgehead atoms. The molecule has 1 amide bonds. The molecule has 0 spiro atoms. The third kappa shape index (κ3) is 4.55. The predicted octanol–water partition coefficient (Wildman–Crippen LogP) is 3.99. The smallest absolute Gasteiger partial charge is 0.409 e. The highest BCUT2D eigenvalue weighted by atomic mass is 28.4. The van der Waals surface area contributed by atoms with E-state index in [4.69, 9.17) is 9.22 Å². The molecule has 0 fully saturated rings. The number of amides is 1. The van der Waals surface area contributed by atoms with Crippen LogP contribution in [0.15, 0.2) is 18.7 Å². The maximum Gasteiger partial charge on any atom is 0.409 e. The van der Waals surface area contributed by atoms with Gasteiger partial charge in [-0.25, -0.2) is 4.79 Å². The minimum Gasteiger partial charge on any atom is -0.465 e. The van der Waals surface area contributed by atoms with Gasteiger partial charge in [-0.05, 0) is 56.5 Å². The molecule has 0 aromatic heterocycles. The molecule has 2 N–H and O–H groups in total. The van der Waals surface area contributed by atoms with E-state index in [0.29, 0.717) is 5.69 Å². The van der Waals surface area contributed by atoms with Gasteiger partial charge in [-0.1, -0.05) is 18.7 Å². The standard InChI is InChI=1S/C15H25NO3Si2/c1-8-12-11(2)14(10-9-13(12)16-15(17)18)21(6,7)19-20(3,4)5/h8-10,16H,1H2,2-7H3,(H,17,18). The summed E-state index contributed by atoms with van der Waals surface area (Å²) in [5.41, 5.74) is 2.44. The van der Waals surface area contributed by atoms with Crippen LogP contribution in [0.1, 0.15) is 11.1 Å². The fraction of sp³-hybridized carbons (Fsp3) is 0.400. The molecule has 4 nitrogen and oxygen atoms in total. The Kier molecular flexibility index (Phi) is 5.19. The molecule has 0 heterocycles. The Labute approximate surface area is 129 Å². The predicted molar refractivity (Wildman–Crippen MR) is 94.5 cm³/mol. The van der Waals surface area contributed by atoms with Crippen LogP contribution in [0, 0.1) is 6.92 Å². The Bertz CT molecular complexity index is 563. The van der Waals surface area contributed by atoms with Gasteiger partial charge in [-0.3, -0.25) is 5.32 Å². The average molecular weight is 324 g/mol. The summed E-state index contributed by atoms with van der Waals surface area (Å²) >= 11 is 0. The van der Waals surface area contributed by atoms with Gasteiger partial charge in [0.15, 0.2) is 8.32 Å². The SMILES string of the molecule is C=Cc1c(NC(=O)O)ccc([Si](C)(C)O[Si](C)(C)C)c1C. The van der Waals surface area contributed by atoms with E-state index in [1.54, 1.807) is 12.1 Å². The summed E-state index contributed by atoms with van der Waals surface area (Å²) in [6, 6.07) is 3.79. The number of nitrogens with one attached hydrogen (secondary N) is 1. The van der Waals surface area contributed by atoms with Crippen LogP contribution in [0.4, 0.5) is 10.5 Å². The van der Waals surface area contributed by atoms with Crippen molar-refractivity contribution in [1.82, 2.24) is 0 Å². The van der Waals surface area contributed by atoms with Crippen molar-refractivity contribution in [3.05, 3.63) is 29.8 Å². The molecule has 0 saturated heterocycles. The Morgan fingerprint density at radius 2 is 1.86 bits per heavy atom. The maximum atomic E-state index is 10.9. The van der Waals surface area contributed by atoms with Gasteiger partial charge in [-0.15, -0.1) is 0 Å². The van der Waals surface area contributed by atoms with E-state index in [0.717, 1.165) is 11.1 Å². The monoisotopic (exact) mass is 323 g/mol. The lowest BCUT2D eigenvalue weighted by atomic mass is 10.1. The number of benzene rings is 1. The maximum absolute atomic E-state index is 10.9. The van der Waals surface area contributed by atoms with E-state index in [1.165, 1.54) is 5.19 Å². The molecule has 6 heteroatoms. The second-order valence-corrected chi connectivity index (χ2v) is 15.2. The van der Waals surface area contributed by atoms with E-state index in [9.17, 15) is 4.79 Å². The summed E-state index contributed by atoms with van der Waals surface area (Å²) in [7, 11) is -3.67. The lowest BCUT2D eigenvalue weighted by Crippen LogP contribution is -2.52. The Hall–Kier alpha value is -1.38. The fourth-order valence-corrected chi connectivity index (χ4v) is 10.8. The molecule has 0 radical (unpaired) electrons. The van der Waals surface area contributed by atoms with Gasteiger partial charge in [-0.2, -0.15) is 0 Å². The molecule has 0 aliphatic heterocycles. The fourth-order valence-electron chi connectivity index (χ4n) is 2.69. The van der Waals surface area contributed by atoms with E-state index in [1.807, 2.05) is 13.0 Å². The van der Waals surface area contributed by atoms with Gasteiger partial charge in [0.05, 0.1) is 5.69 Å². The molecular weight excluding hydrogens is 298 g/mol. The van der Waals surface area contributed by atoms with Crippen LogP contribution < -0.4 is 10.5 Å². The van der Waals surface area contributed by atoms with Crippen LogP contribution in [-0.2, 0) is 4.12 Å². The first-order valence-electron chi connectivity index (χ1n) is 6.94. The molecular formula is C15H25NO3Si2. The quantitative estimate of drug-likeness (QED) is 0.805. The number of rotatable bonds is 5. The molecule has 116 valence electrons. The summed E-state index contributed by atoms with van der Waals surface area (Å²) in [5.74, 6) is 0. The summed E-state index contributed by atoms with van der Waals surface area (Å²) < 4.78 is 6.42. The van der Waals surface area contributed by atoms with Gasteiger partial charge in [0.25, 0.3) is 0 Å². The second-order valence-electron chi connectivity index (χ2n) is 6.56. The molecule has 0 aliphatic carbocycles. The molecule has 0 aliphatic rings. The third-order valence-electron chi connectivity index (χ3n) is 3.17. The first-order valence-corrected chi connectivity index (χ1v) is 13.3. The van der Waals surface area contributed by atoms with Crippen molar-refractivity contribution >= 4 is 39.7 Å². The molecule has 1 rings (SSSR count).